The Labute approximate surface area is 224 Å². The van der Waals surface area contributed by atoms with Crippen LogP contribution in [-0.4, -0.2) is 45.0 Å². The minimum atomic E-state index is -3.13. The van der Waals surface area contributed by atoms with Crippen LogP contribution in [-0.2, 0) is 20.0 Å². The maximum atomic E-state index is 13.6. The van der Waals surface area contributed by atoms with Gasteiger partial charge in [0.25, 0.3) is 0 Å². The summed E-state index contributed by atoms with van der Waals surface area (Å²) >= 11 is 12.5. The van der Waals surface area contributed by atoms with E-state index in [1.807, 2.05) is 24.3 Å². The van der Waals surface area contributed by atoms with Gasteiger partial charge >= 0.3 is 0 Å². The number of rotatable bonds is 8. The lowest BCUT2D eigenvalue weighted by atomic mass is 9.63. The van der Waals surface area contributed by atoms with E-state index in [-0.39, 0.29) is 29.7 Å². The van der Waals surface area contributed by atoms with Gasteiger partial charge in [-0.3, -0.25) is 4.79 Å². The monoisotopic (exact) mass is 549 g/mol. The largest absolute Gasteiger partial charge is 0.355 e. The molecule has 0 bridgehead atoms. The van der Waals surface area contributed by atoms with Gasteiger partial charge in [-0.2, -0.15) is 5.26 Å². The van der Waals surface area contributed by atoms with Crippen LogP contribution in [0.2, 0.25) is 10.0 Å². The van der Waals surface area contributed by atoms with Crippen molar-refractivity contribution in [2.45, 2.75) is 57.0 Å². The number of hydrogen-bond donors (Lipinski definition) is 2. The molecule has 1 fully saturated rings. The molecule has 6 nitrogen and oxygen atoms in total. The summed E-state index contributed by atoms with van der Waals surface area (Å²) < 4.78 is 23.0. The molecule has 0 spiro atoms. The summed E-state index contributed by atoms with van der Waals surface area (Å²) in [4.78, 5) is 13.6. The number of nitrogens with zero attached hydrogens (tertiary/aromatic N) is 1. The molecule has 4 atom stereocenters. The van der Waals surface area contributed by atoms with Crippen LogP contribution in [0.4, 0.5) is 0 Å². The van der Waals surface area contributed by atoms with Crippen LogP contribution in [0.5, 0.6) is 0 Å². The number of nitrogens with one attached hydrogen (secondary N) is 2. The first-order valence-electron chi connectivity index (χ1n) is 11.9. The summed E-state index contributed by atoms with van der Waals surface area (Å²) in [5.74, 6) is -0.842. The predicted molar refractivity (Wildman–Crippen MR) is 145 cm³/mol. The Balaban J connectivity index is 2.11. The average Bonchev–Trinajstić information content (AvgIpc) is 3.09. The predicted octanol–water partition coefficient (Wildman–Crippen LogP) is 4.87. The molecule has 0 aromatic heterocycles. The van der Waals surface area contributed by atoms with Crippen LogP contribution in [0.15, 0.2) is 48.5 Å². The Morgan fingerprint density at radius 3 is 2.36 bits per heavy atom. The Morgan fingerprint density at radius 2 is 1.81 bits per heavy atom. The molecule has 1 heterocycles. The van der Waals surface area contributed by atoms with E-state index in [1.54, 1.807) is 24.3 Å². The fourth-order valence-electron chi connectivity index (χ4n) is 5.11. The van der Waals surface area contributed by atoms with E-state index in [9.17, 15) is 18.5 Å². The van der Waals surface area contributed by atoms with Gasteiger partial charge in [0.15, 0.2) is 0 Å². The summed E-state index contributed by atoms with van der Waals surface area (Å²) in [6, 6.07) is 16.0. The SMILES string of the molecule is CC(C)(C)C[C@@H]1N[C@@H](C(=O)NCCCS(C)(=O)=O)[C@H](c2cccc(Cl)c2)[C@@]1(C#N)c1ccc(Cl)cc1. The zero-order chi connectivity index (χ0) is 26.7. The number of benzene rings is 2. The molecule has 1 aliphatic heterocycles. The molecule has 0 aliphatic carbocycles. The lowest BCUT2D eigenvalue weighted by Crippen LogP contribution is -2.46. The molecule has 0 unspecified atom stereocenters. The van der Waals surface area contributed by atoms with Crippen LogP contribution in [0.25, 0.3) is 0 Å². The Hall–Kier alpha value is -2.11. The number of halogens is 2. The number of hydrogen-bond acceptors (Lipinski definition) is 5. The van der Waals surface area contributed by atoms with E-state index in [0.29, 0.717) is 22.9 Å². The van der Waals surface area contributed by atoms with Crippen molar-refractivity contribution in [3.63, 3.8) is 0 Å². The second-order valence-corrected chi connectivity index (χ2v) is 13.9. The van der Waals surface area contributed by atoms with Crippen molar-refractivity contribution in [2.24, 2.45) is 5.41 Å². The van der Waals surface area contributed by atoms with Gasteiger partial charge < -0.3 is 10.6 Å². The maximum absolute atomic E-state index is 13.6. The highest BCUT2D eigenvalue weighted by molar-refractivity contribution is 7.90. The normalized spacial score (nSPS) is 24.3. The lowest BCUT2D eigenvalue weighted by Gasteiger charge is -2.37. The van der Waals surface area contributed by atoms with Gasteiger partial charge in [0.1, 0.15) is 15.3 Å². The molecule has 2 aromatic rings. The van der Waals surface area contributed by atoms with Crippen molar-refractivity contribution in [3.05, 3.63) is 69.7 Å². The van der Waals surface area contributed by atoms with Gasteiger partial charge in [0.05, 0.1) is 17.9 Å². The van der Waals surface area contributed by atoms with Crippen molar-refractivity contribution < 1.29 is 13.2 Å². The molecule has 0 radical (unpaired) electrons. The molecular formula is C27H33Cl2N3O3S. The molecular weight excluding hydrogens is 517 g/mol. The molecule has 9 heteroatoms. The molecule has 0 saturated carbocycles. The van der Waals surface area contributed by atoms with E-state index in [0.717, 1.165) is 11.1 Å². The van der Waals surface area contributed by atoms with Crippen molar-refractivity contribution in [1.29, 1.82) is 5.26 Å². The number of amides is 1. The van der Waals surface area contributed by atoms with Gasteiger partial charge in [0.2, 0.25) is 5.91 Å². The Bertz CT molecular complexity index is 1240. The number of carbonyl (C=O) groups is 1. The highest BCUT2D eigenvalue weighted by atomic mass is 35.5. The fraction of sp³-hybridized carbons (Fsp3) is 0.481. The molecule has 1 saturated heterocycles. The topological polar surface area (TPSA) is 99.1 Å². The highest BCUT2D eigenvalue weighted by Crippen LogP contribution is 2.51. The van der Waals surface area contributed by atoms with E-state index >= 15 is 0 Å². The third-order valence-corrected chi connectivity index (χ3v) is 8.08. The summed E-state index contributed by atoms with van der Waals surface area (Å²) in [5, 5.41) is 18.3. The van der Waals surface area contributed by atoms with Crippen LogP contribution in [0.3, 0.4) is 0 Å². The van der Waals surface area contributed by atoms with Gasteiger partial charge in [-0.25, -0.2) is 8.42 Å². The molecule has 1 amide bonds. The number of carbonyl (C=O) groups excluding carboxylic acids is 1. The third kappa shape index (κ3) is 6.60. The standard InChI is InChI=1S/C27H33Cl2N3O3S/c1-26(2,3)16-22-27(17-30,19-9-11-20(28)12-10-19)23(18-7-5-8-21(29)15-18)24(32-22)25(33)31-13-6-14-36(4,34)35/h5,7-12,15,22-24,32H,6,13-14,16H2,1-4H3,(H,31,33)/t22-,23-,24+,27-/m0/s1. The molecule has 194 valence electrons. The van der Waals surface area contributed by atoms with Crippen molar-refractivity contribution >= 4 is 38.9 Å². The molecule has 36 heavy (non-hydrogen) atoms. The highest BCUT2D eigenvalue weighted by Gasteiger charge is 2.59. The zero-order valence-corrected chi connectivity index (χ0v) is 23.3. The number of nitriles is 1. The van der Waals surface area contributed by atoms with Crippen molar-refractivity contribution in [1.82, 2.24) is 10.6 Å². The smallest absolute Gasteiger partial charge is 0.237 e. The van der Waals surface area contributed by atoms with Gasteiger partial charge in [-0.05, 0) is 53.6 Å². The fourth-order valence-corrected chi connectivity index (χ4v) is 6.11. The molecule has 2 N–H and O–H groups in total. The average molecular weight is 551 g/mol. The maximum Gasteiger partial charge on any atom is 0.237 e. The quantitative estimate of drug-likeness (QED) is 0.457. The van der Waals surface area contributed by atoms with E-state index in [1.165, 1.54) is 6.26 Å². The summed E-state index contributed by atoms with van der Waals surface area (Å²) in [6.45, 7) is 6.53. The van der Waals surface area contributed by atoms with Crippen molar-refractivity contribution in [2.75, 3.05) is 18.6 Å². The van der Waals surface area contributed by atoms with Crippen molar-refractivity contribution in [3.8, 4) is 6.07 Å². The van der Waals surface area contributed by atoms with Gasteiger partial charge in [-0.15, -0.1) is 0 Å². The molecule has 2 aromatic carbocycles. The third-order valence-electron chi connectivity index (χ3n) is 6.56. The van der Waals surface area contributed by atoms with Crippen LogP contribution >= 0.6 is 23.2 Å². The Morgan fingerprint density at radius 1 is 1.14 bits per heavy atom. The zero-order valence-electron chi connectivity index (χ0n) is 21.0. The lowest BCUT2D eigenvalue weighted by molar-refractivity contribution is -0.123. The second kappa shape index (κ2) is 11.1. The first-order chi connectivity index (χ1) is 16.8. The summed E-state index contributed by atoms with van der Waals surface area (Å²) in [7, 11) is -3.13. The summed E-state index contributed by atoms with van der Waals surface area (Å²) in [6.07, 6.45) is 2.12. The van der Waals surface area contributed by atoms with E-state index in [2.05, 4.69) is 37.5 Å². The van der Waals surface area contributed by atoms with Crippen LogP contribution in [0.1, 0.15) is 50.7 Å². The molecule has 1 aliphatic rings. The summed E-state index contributed by atoms with van der Waals surface area (Å²) in [5.41, 5.74) is 0.330. The van der Waals surface area contributed by atoms with Crippen LogP contribution < -0.4 is 10.6 Å². The van der Waals surface area contributed by atoms with Gasteiger partial charge in [-0.1, -0.05) is 68.2 Å². The molecule has 3 rings (SSSR count). The first-order valence-corrected chi connectivity index (χ1v) is 14.7. The second-order valence-electron chi connectivity index (χ2n) is 10.8. The van der Waals surface area contributed by atoms with E-state index in [4.69, 9.17) is 23.2 Å². The first kappa shape index (κ1) is 28.5. The van der Waals surface area contributed by atoms with Gasteiger partial charge in [0, 0.05) is 34.8 Å². The van der Waals surface area contributed by atoms with Crippen LogP contribution in [0, 0.1) is 16.7 Å². The minimum absolute atomic E-state index is 0.0113. The number of sulfone groups is 1. The Kier molecular flexibility index (Phi) is 8.78. The van der Waals surface area contributed by atoms with E-state index < -0.39 is 27.2 Å². The minimum Gasteiger partial charge on any atom is -0.355 e.